The molecule has 0 fully saturated rings. The molecule has 0 saturated carbocycles. The van der Waals surface area contributed by atoms with Crippen LogP contribution in [0.2, 0.25) is 0 Å². The number of aromatic carboxylic acids is 1. The van der Waals surface area contributed by atoms with Crippen molar-refractivity contribution in [1.82, 2.24) is 4.57 Å². The van der Waals surface area contributed by atoms with E-state index in [-0.39, 0.29) is 16.3 Å². The number of nitrogens with one attached hydrogen (secondary N) is 1. The predicted octanol–water partition coefficient (Wildman–Crippen LogP) is 1.52. The summed E-state index contributed by atoms with van der Waals surface area (Å²) in [5, 5.41) is 8.90. The number of aryl methyl sites for hydroxylation is 1. The molecular weight excluding hydrogens is 268 g/mol. The van der Waals surface area contributed by atoms with Gasteiger partial charge in [0.2, 0.25) is 0 Å². The van der Waals surface area contributed by atoms with Gasteiger partial charge in [-0.15, -0.1) is 0 Å². The first-order valence-electron chi connectivity index (χ1n) is 5.38. The second kappa shape index (κ2) is 4.77. The van der Waals surface area contributed by atoms with Crippen molar-refractivity contribution in [1.29, 1.82) is 0 Å². The third-order valence-electron chi connectivity index (χ3n) is 2.53. The van der Waals surface area contributed by atoms with Crippen molar-refractivity contribution in [2.24, 2.45) is 7.05 Å². The molecule has 0 amide bonds. The summed E-state index contributed by atoms with van der Waals surface area (Å²) in [5.41, 5.74) is 0.217. The van der Waals surface area contributed by atoms with Crippen molar-refractivity contribution >= 4 is 21.7 Å². The number of nitrogens with zero attached hydrogens (tertiary/aromatic N) is 1. The lowest BCUT2D eigenvalue weighted by Crippen LogP contribution is -2.12. The zero-order valence-electron chi connectivity index (χ0n) is 10.1. The number of benzene rings is 1. The molecule has 0 aliphatic heterocycles. The molecule has 0 aliphatic carbocycles. The Morgan fingerprint density at radius 1 is 1.26 bits per heavy atom. The SMILES string of the molecule is Cn1cc(NS(=O)(=O)c2ccccc2)cc1C(=O)O. The lowest BCUT2D eigenvalue weighted by molar-refractivity contribution is 0.0686. The van der Waals surface area contributed by atoms with Crippen LogP contribution in [0.5, 0.6) is 0 Å². The second-order valence-electron chi connectivity index (χ2n) is 3.95. The fourth-order valence-corrected chi connectivity index (χ4v) is 2.70. The average molecular weight is 280 g/mol. The molecule has 100 valence electrons. The molecule has 0 atom stereocenters. The van der Waals surface area contributed by atoms with Crippen LogP contribution >= 0.6 is 0 Å². The van der Waals surface area contributed by atoms with E-state index in [4.69, 9.17) is 5.11 Å². The van der Waals surface area contributed by atoms with Gasteiger partial charge in [-0.25, -0.2) is 13.2 Å². The van der Waals surface area contributed by atoms with E-state index in [0.29, 0.717) is 0 Å². The third kappa shape index (κ3) is 2.76. The average Bonchev–Trinajstić information content (AvgIpc) is 2.71. The quantitative estimate of drug-likeness (QED) is 0.888. The van der Waals surface area contributed by atoms with Crippen molar-refractivity contribution in [3.8, 4) is 0 Å². The van der Waals surface area contributed by atoms with Crippen LogP contribution in [0.15, 0.2) is 47.5 Å². The first-order valence-corrected chi connectivity index (χ1v) is 6.86. The number of rotatable bonds is 4. The van der Waals surface area contributed by atoms with E-state index in [2.05, 4.69) is 4.72 Å². The summed E-state index contributed by atoms with van der Waals surface area (Å²) in [5.74, 6) is -1.12. The van der Waals surface area contributed by atoms with Gasteiger partial charge >= 0.3 is 5.97 Å². The molecule has 0 spiro atoms. The van der Waals surface area contributed by atoms with Crippen LogP contribution in [0.25, 0.3) is 0 Å². The van der Waals surface area contributed by atoms with Gasteiger partial charge in [0.25, 0.3) is 10.0 Å². The van der Waals surface area contributed by atoms with E-state index in [1.807, 2.05) is 0 Å². The van der Waals surface area contributed by atoms with Gasteiger partial charge < -0.3 is 9.67 Å². The lowest BCUT2D eigenvalue weighted by atomic mass is 10.4. The molecule has 6 nitrogen and oxygen atoms in total. The van der Waals surface area contributed by atoms with Gasteiger partial charge in [0.05, 0.1) is 10.6 Å². The number of carbonyl (C=O) groups is 1. The minimum absolute atomic E-state index is 0.00533. The summed E-state index contributed by atoms with van der Waals surface area (Å²) < 4.78 is 27.7. The number of hydrogen-bond acceptors (Lipinski definition) is 3. The molecular formula is C12H12N2O4S. The van der Waals surface area contributed by atoms with Crippen LogP contribution in [-0.2, 0) is 17.1 Å². The summed E-state index contributed by atoms with van der Waals surface area (Å²) in [6.07, 6.45) is 1.41. The number of carboxylic acids is 1. The van der Waals surface area contributed by atoms with Gasteiger partial charge in [-0.2, -0.15) is 0 Å². The van der Waals surface area contributed by atoms with Gasteiger partial charge in [-0.3, -0.25) is 4.72 Å². The van der Waals surface area contributed by atoms with Crippen molar-refractivity contribution in [2.45, 2.75) is 4.90 Å². The maximum absolute atomic E-state index is 12.0. The summed E-state index contributed by atoms with van der Waals surface area (Å²) >= 11 is 0. The summed E-state index contributed by atoms with van der Waals surface area (Å²) in [4.78, 5) is 11.0. The highest BCUT2D eigenvalue weighted by atomic mass is 32.2. The highest BCUT2D eigenvalue weighted by Crippen LogP contribution is 2.18. The van der Waals surface area contributed by atoms with Crippen LogP contribution in [0.1, 0.15) is 10.5 Å². The van der Waals surface area contributed by atoms with Gasteiger partial charge in [-0.05, 0) is 18.2 Å². The third-order valence-corrected chi connectivity index (χ3v) is 3.93. The Hall–Kier alpha value is -2.28. The Balaban J connectivity index is 2.31. The molecule has 0 unspecified atom stereocenters. The molecule has 0 aliphatic rings. The topological polar surface area (TPSA) is 88.4 Å². The van der Waals surface area contributed by atoms with Crippen LogP contribution in [0.4, 0.5) is 5.69 Å². The fourth-order valence-electron chi connectivity index (χ4n) is 1.65. The number of sulfonamides is 1. The summed E-state index contributed by atoms with van der Waals surface area (Å²) in [6.45, 7) is 0. The van der Waals surface area contributed by atoms with Crippen LogP contribution < -0.4 is 4.72 Å². The summed E-state index contributed by atoms with van der Waals surface area (Å²) in [7, 11) is -2.17. The van der Waals surface area contributed by atoms with Crippen molar-refractivity contribution in [2.75, 3.05) is 4.72 Å². The highest BCUT2D eigenvalue weighted by molar-refractivity contribution is 7.92. The number of hydrogen-bond donors (Lipinski definition) is 2. The van der Waals surface area contributed by atoms with E-state index < -0.39 is 16.0 Å². The molecule has 19 heavy (non-hydrogen) atoms. The van der Waals surface area contributed by atoms with Crippen molar-refractivity contribution < 1.29 is 18.3 Å². The molecule has 0 saturated heterocycles. The van der Waals surface area contributed by atoms with E-state index in [0.717, 1.165) is 0 Å². The zero-order valence-corrected chi connectivity index (χ0v) is 10.9. The molecule has 1 aromatic heterocycles. The van der Waals surface area contributed by atoms with Gasteiger partial charge in [0, 0.05) is 13.2 Å². The highest BCUT2D eigenvalue weighted by Gasteiger charge is 2.16. The minimum atomic E-state index is -3.70. The van der Waals surface area contributed by atoms with Crippen molar-refractivity contribution in [3.63, 3.8) is 0 Å². The number of carboxylic acid groups (broad SMARTS) is 1. The maximum atomic E-state index is 12.0. The van der Waals surface area contributed by atoms with E-state index in [1.165, 1.54) is 36.0 Å². The van der Waals surface area contributed by atoms with Gasteiger partial charge in [0.1, 0.15) is 5.69 Å². The molecule has 0 bridgehead atoms. The van der Waals surface area contributed by atoms with Crippen LogP contribution in [0, 0.1) is 0 Å². The fraction of sp³-hybridized carbons (Fsp3) is 0.0833. The number of anilines is 1. The van der Waals surface area contributed by atoms with Gasteiger partial charge in [-0.1, -0.05) is 18.2 Å². The van der Waals surface area contributed by atoms with E-state index >= 15 is 0 Å². The molecule has 2 rings (SSSR count). The van der Waals surface area contributed by atoms with Crippen LogP contribution in [0.3, 0.4) is 0 Å². The summed E-state index contributed by atoms with van der Waals surface area (Å²) in [6, 6.07) is 9.13. The zero-order chi connectivity index (χ0) is 14.0. The van der Waals surface area contributed by atoms with Gasteiger partial charge in [0.15, 0.2) is 0 Å². The molecule has 7 heteroatoms. The Bertz CT molecular complexity index is 705. The first-order chi connectivity index (χ1) is 8.90. The molecule has 1 aromatic carbocycles. The second-order valence-corrected chi connectivity index (χ2v) is 5.63. The monoisotopic (exact) mass is 280 g/mol. The maximum Gasteiger partial charge on any atom is 0.352 e. The van der Waals surface area contributed by atoms with E-state index in [9.17, 15) is 13.2 Å². The Kier molecular flexibility index (Phi) is 3.30. The largest absolute Gasteiger partial charge is 0.477 e. The first kappa shape index (κ1) is 13.2. The van der Waals surface area contributed by atoms with E-state index in [1.54, 1.807) is 18.2 Å². The smallest absolute Gasteiger partial charge is 0.352 e. The Morgan fingerprint density at radius 2 is 1.89 bits per heavy atom. The molecule has 0 radical (unpaired) electrons. The predicted molar refractivity (Wildman–Crippen MR) is 69.6 cm³/mol. The van der Waals surface area contributed by atoms with Crippen molar-refractivity contribution in [3.05, 3.63) is 48.3 Å². The molecule has 1 heterocycles. The normalized spacial score (nSPS) is 11.2. The standard InChI is InChI=1S/C12H12N2O4S/c1-14-8-9(7-11(14)12(15)16)13-19(17,18)10-5-3-2-4-6-10/h2-8,13H,1H3,(H,15,16). The Labute approximate surface area is 110 Å². The molecule has 2 aromatic rings. The lowest BCUT2D eigenvalue weighted by Gasteiger charge is -2.05. The Morgan fingerprint density at radius 3 is 2.42 bits per heavy atom. The minimum Gasteiger partial charge on any atom is -0.477 e. The number of aromatic nitrogens is 1. The van der Waals surface area contributed by atoms with Crippen LogP contribution in [-0.4, -0.2) is 24.1 Å². The molecule has 2 N–H and O–H groups in total.